The topological polar surface area (TPSA) is 133 Å². The third-order valence-electron chi connectivity index (χ3n) is 2.90. The van der Waals surface area contributed by atoms with Gasteiger partial charge in [-0.2, -0.15) is 0 Å². The number of aromatic amines is 1. The Morgan fingerprint density at radius 3 is 2.65 bits per heavy atom. The number of para-hydroxylation sites is 1. The number of hydrogen-bond donors (Lipinski definition) is 3. The average molecular weight is 270 g/mol. The Hall–Kier alpha value is -3.16. The van der Waals surface area contributed by atoms with Crippen molar-refractivity contribution in [2.45, 2.75) is 0 Å². The number of imidazole rings is 2. The number of H-pyrrole nitrogens is 1. The van der Waals surface area contributed by atoms with Crippen LogP contribution in [0.2, 0.25) is 0 Å². The Kier molecular flexibility index (Phi) is 2.50. The standard InChI is InChI=1S/C12H10N6O2/c13-10(19)11-17-9-6(7-4-15-5-16-7)2-1-3-8(9)18(11)12(14)20/h1-5H,(H2,13,19)(H2,14,20)(H,15,16). The van der Waals surface area contributed by atoms with E-state index in [2.05, 4.69) is 15.0 Å². The maximum absolute atomic E-state index is 11.5. The number of primary amides is 2. The van der Waals surface area contributed by atoms with Crippen molar-refractivity contribution in [2.24, 2.45) is 11.5 Å². The number of fused-ring (bicyclic) bond motifs is 1. The maximum atomic E-state index is 11.5. The van der Waals surface area contributed by atoms with Crippen LogP contribution < -0.4 is 11.5 Å². The van der Waals surface area contributed by atoms with Gasteiger partial charge in [0, 0.05) is 11.8 Å². The molecule has 100 valence electrons. The Morgan fingerprint density at radius 2 is 2.05 bits per heavy atom. The van der Waals surface area contributed by atoms with Gasteiger partial charge in [0.05, 0.1) is 23.1 Å². The molecule has 0 aliphatic carbocycles. The van der Waals surface area contributed by atoms with Crippen LogP contribution in [0.4, 0.5) is 4.79 Å². The van der Waals surface area contributed by atoms with E-state index in [0.717, 1.165) is 4.57 Å². The van der Waals surface area contributed by atoms with Crippen molar-refractivity contribution >= 4 is 23.0 Å². The lowest BCUT2D eigenvalue weighted by atomic mass is 10.1. The van der Waals surface area contributed by atoms with Gasteiger partial charge in [-0.3, -0.25) is 4.79 Å². The lowest BCUT2D eigenvalue weighted by Crippen LogP contribution is -2.26. The van der Waals surface area contributed by atoms with Gasteiger partial charge in [0.15, 0.2) is 0 Å². The summed E-state index contributed by atoms with van der Waals surface area (Å²) in [6, 6.07) is 4.32. The molecule has 2 heterocycles. The second-order valence-electron chi connectivity index (χ2n) is 4.10. The summed E-state index contributed by atoms with van der Waals surface area (Å²) < 4.78 is 0.994. The number of aromatic nitrogens is 4. The Morgan fingerprint density at radius 1 is 1.25 bits per heavy atom. The van der Waals surface area contributed by atoms with Gasteiger partial charge in [0.2, 0.25) is 5.82 Å². The van der Waals surface area contributed by atoms with E-state index in [1.54, 1.807) is 24.4 Å². The second-order valence-corrected chi connectivity index (χ2v) is 4.10. The Balaban J connectivity index is 2.40. The Bertz CT molecular complexity index is 818. The smallest absolute Gasteiger partial charge is 0.325 e. The van der Waals surface area contributed by atoms with Crippen molar-refractivity contribution in [1.29, 1.82) is 0 Å². The largest absolute Gasteiger partial charge is 0.363 e. The van der Waals surface area contributed by atoms with Crippen LogP contribution in [0.1, 0.15) is 10.6 Å². The highest BCUT2D eigenvalue weighted by Gasteiger charge is 2.21. The molecule has 0 spiro atoms. The second kappa shape index (κ2) is 4.19. The summed E-state index contributed by atoms with van der Waals surface area (Å²) >= 11 is 0. The fourth-order valence-electron chi connectivity index (χ4n) is 2.10. The number of carbonyl (C=O) groups is 2. The zero-order valence-electron chi connectivity index (χ0n) is 10.2. The number of hydrogen-bond acceptors (Lipinski definition) is 4. The molecule has 3 aromatic rings. The molecular formula is C12H10N6O2. The molecular weight excluding hydrogens is 260 g/mol. The predicted molar refractivity (Wildman–Crippen MR) is 70.8 cm³/mol. The summed E-state index contributed by atoms with van der Waals surface area (Å²) in [5.41, 5.74) is 12.7. The van der Waals surface area contributed by atoms with Gasteiger partial charge in [-0.25, -0.2) is 19.3 Å². The lowest BCUT2D eigenvalue weighted by Gasteiger charge is -2.01. The van der Waals surface area contributed by atoms with Crippen molar-refractivity contribution in [3.63, 3.8) is 0 Å². The minimum atomic E-state index is -0.826. The van der Waals surface area contributed by atoms with Crippen LogP contribution in [0.15, 0.2) is 30.7 Å². The van der Waals surface area contributed by atoms with Crippen molar-refractivity contribution in [1.82, 2.24) is 19.5 Å². The van der Waals surface area contributed by atoms with E-state index in [0.29, 0.717) is 22.3 Å². The fourth-order valence-corrected chi connectivity index (χ4v) is 2.10. The molecule has 0 atom stereocenters. The predicted octanol–water partition coefficient (Wildman–Crippen LogP) is 0.452. The van der Waals surface area contributed by atoms with Gasteiger partial charge in [-0.1, -0.05) is 12.1 Å². The third kappa shape index (κ3) is 1.62. The first kappa shape index (κ1) is 11.9. The minimum absolute atomic E-state index is 0.199. The summed E-state index contributed by atoms with van der Waals surface area (Å²) in [4.78, 5) is 34.0. The number of nitrogens with one attached hydrogen (secondary N) is 1. The molecule has 8 nitrogen and oxygen atoms in total. The molecule has 8 heteroatoms. The van der Waals surface area contributed by atoms with E-state index in [4.69, 9.17) is 11.5 Å². The van der Waals surface area contributed by atoms with Gasteiger partial charge < -0.3 is 16.5 Å². The first-order valence-corrected chi connectivity index (χ1v) is 5.70. The van der Waals surface area contributed by atoms with E-state index in [1.165, 1.54) is 6.33 Å². The molecule has 0 saturated heterocycles. The van der Waals surface area contributed by atoms with Crippen LogP contribution >= 0.6 is 0 Å². The van der Waals surface area contributed by atoms with Crippen LogP contribution in [0.25, 0.3) is 22.3 Å². The molecule has 0 bridgehead atoms. The van der Waals surface area contributed by atoms with Gasteiger partial charge in [0.1, 0.15) is 0 Å². The fraction of sp³-hybridized carbons (Fsp3) is 0. The highest BCUT2D eigenvalue weighted by atomic mass is 16.2. The summed E-state index contributed by atoms with van der Waals surface area (Å²) in [7, 11) is 0. The molecule has 3 rings (SSSR count). The van der Waals surface area contributed by atoms with E-state index in [9.17, 15) is 9.59 Å². The molecule has 0 fully saturated rings. The molecule has 0 saturated carbocycles. The summed E-state index contributed by atoms with van der Waals surface area (Å²) in [6.45, 7) is 0. The minimum Gasteiger partial charge on any atom is -0.363 e. The normalized spacial score (nSPS) is 10.8. The molecule has 5 N–H and O–H groups in total. The van der Waals surface area contributed by atoms with Crippen LogP contribution in [0.5, 0.6) is 0 Å². The van der Waals surface area contributed by atoms with E-state index >= 15 is 0 Å². The summed E-state index contributed by atoms with van der Waals surface area (Å²) in [5, 5.41) is 0. The van der Waals surface area contributed by atoms with Crippen LogP contribution in [-0.4, -0.2) is 31.5 Å². The van der Waals surface area contributed by atoms with Crippen molar-refractivity contribution in [3.8, 4) is 11.3 Å². The van der Waals surface area contributed by atoms with Crippen LogP contribution in [-0.2, 0) is 0 Å². The van der Waals surface area contributed by atoms with E-state index < -0.39 is 11.9 Å². The third-order valence-corrected chi connectivity index (χ3v) is 2.90. The zero-order chi connectivity index (χ0) is 14.3. The summed E-state index contributed by atoms with van der Waals surface area (Å²) in [5.74, 6) is -1.02. The molecule has 0 unspecified atom stereocenters. The first-order valence-electron chi connectivity index (χ1n) is 5.70. The quantitative estimate of drug-likeness (QED) is 0.623. The number of rotatable bonds is 2. The van der Waals surface area contributed by atoms with Crippen molar-refractivity contribution < 1.29 is 9.59 Å². The molecule has 20 heavy (non-hydrogen) atoms. The van der Waals surface area contributed by atoms with Gasteiger partial charge in [-0.15, -0.1) is 0 Å². The first-order chi connectivity index (χ1) is 9.59. The molecule has 0 aliphatic rings. The molecule has 2 aromatic heterocycles. The average Bonchev–Trinajstić information content (AvgIpc) is 3.05. The van der Waals surface area contributed by atoms with Crippen molar-refractivity contribution in [2.75, 3.05) is 0 Å². The van der Waals surface area contributed by atoms with E-state index in [-0.39, 0.29) is 5.82 Å². The molecule has 0 radical (unpaired) electrons. The lowest BCUT2D eigenvalue weighted by molar-refractivity contribution is 0.0988. The van der Waals surface area contributed by atoms with Gasteiger partial charge >= 0.3 is 6.03 Å². The zero-order valence-corrected chi connectivity index (χ0v) is 10.2. The van der Waals surface area contributed by atoms with Crippen molar-refractivity contribution in [3.05, 3.63) is 36.5 Å². The van der Waals surface area contributed by atoms with Gasteiger partial charge in [0.25, 0.3) is 5.91 Å². The molecule has 2 amide bonds. The highest BCUT2D eigenvalue weighted by Crippen LogP contribution is 2.27. The molecule has 0 aliphatic heterocycles. The number of amides is 2. The van der Waals surface area contributed by atoms with E-state index in [1.807, 2.05) is 0 Å². The van der Waals surface area contributed by atoms with Crippen LogP contribution in [0, 0.1) is 0 Å². The number of nitrogens with zero attached hydrogens (tertiary/aromatic N) is 3. The van der Waals surface area contributed by atoms with Gasteiger partial charge in [-0.05, 0) is 6.07 Å². The number of nitrogens with two attached hydrogens (primary N) is 2. The Labute approximate surface area is 112 Å². The SMILES string of the molecule is NC(=O)c1nc2c(-c3c[nH]cn3)cccc2n1C(N)=O. The number of carbonyl (C=O) groups excluding carboxylic acids is 2. The molecule has 1 aromatic carbocycles. The number of benzene rings is 1. The monoisotopic (exact) mass is 270 g/mol. The summed E-state index contributed by atoms with van der Waals surface area (Å²) in [6.07, 6.45) is 3.20. The maximum Gasteiger partial charge on any atom is 0.325 e. The highest BCUT2D eigenvalue weighted by molar-refractivity contribution is 6.03. The van der Waals surface area contributed by atoms with Crippen LogP contribution in [0.3, 0.4) is 0 Å².